The number of rotatable bonds is 5. The van der Waals surface area contributed by atoms with Gasteiger partial charge in [-0.1, -0.05) is 30.3 Å². The Morgan fingerprint density at radius 3 is 2.43 bits per heavy atom. The van der Waals surface area contributed by atoms with E-state index < -0.39 is 0 Å². The molecule has 1 amide bonds. The highest BCUT2D eigenvalue weighted by atomic mass is 16.3. The number of aliphatic hydroxyl groups is 1. The summed E-state index contributed by atoms with van der Waals surface area (Å²) in [6.45, 7) is 8.78. The molecule has 0 unspecified atom stereocenters. The Morgan fingerprint density at radius 2 is 1.91 bits per heavy atom. The van der Waals surface area contributed by atoms with Crippen LogP contribution < -0.4 is 0 Å². The number of nitrogens with zero attached hydrogens (tertiary/aromatic N) is 3. The van der Waals surface area contributed by atoms with Gasteiger partial charge in [-0.2, -0.15) is 5.10 Å². The third-order valence-electron chi connectivity index (χ3n) is 3.62. The van der Waals surface area contributed by atoms with E-state index in [1.54, 1.807) is 4.90 Å². The second kappa shape index (κ2) is 6.96. The molecule has 0 aliphatic heterocycles. The zero-order valence-corrected chi connectivity index (χ0v) is 14.3. The number of carbonyl (C=O) groups excluding carboxylic acids is 1. The average molecular weight is 315 g/mol. The number of amides is 1. The van der Waals surface area contributed by atoms with Crippen LogP contribution in [0.3, 0.4) is 0 Å². The van der Waals surface area contributed by atoms with Gasteiger partial charge in [-0.15, -0.1) is 0 Å². The molecule has 0 fully saturated rings. The molecule has 0 radical (unpaired) electrons. The average Bonchev–Trinajstić information content (AvgIpc) is 2.89. The van der Waals surface area contributed by atoms with E-state index >= 15 is 0 Å². The molecule has 5 nitrogen and oxygen atoms in total. The molecule has 23 heavy (non-hydrogen) atoms. The van der Waals surface area contributed by atoms with E-state index in [9.17, 15) is 9.90 Å². The minimum absolute atomic E-state index is 0.0719. The maximum absolute atomic E-state index is 12.8. The van der Waals surface area contributed by atoms with Gasteiger partial charge >= 0.3 is 0 Å². The molecule has 0 saturated carbocycles. The predicted molar refractivity (Wildman–Crippen MR) is 90.2 cm³/mol. The molecule has 124 valence electrons. The van der Waals surface area contributed by atoms with Gasteiger partial charge in [0.1, 0.15) is 0 Å². The Morgan fingerprint density at radius 1 is 1.26 bits per heavy atom. The van der Waals surface area contributed by atoms with Crippen LogP contribution in [0, 0.1) is 6.92 Å². The lowest BCUT2D eigenvalue weighted by molar-refractivity contribution is 0.0700. The number of aryl methyl sites for hydroxylation is 1. The van der Waals surface area contributed by atoms with Crippen molar-refractivity contribution in [3.8, 4) is 0 Å². The van der Waals surface area contributed by atoms with Gasteiger partial charge in [-0.3, -0.25) is 9.48 Å². The molecule has 2 aromatic rings. The van der Waals surface area contributed by atoms with E-state index in [0.717, 1.165) is 11.3 Å². The molecule has 0 bridgehead atoms. The summed E-state index contributed by atoms with van der Waals surface area (Å²) in [6.07, 6.45) is 0. The molecular weight excluding hydrogens is 290 g/mol. The molecule has 1 heterocycles. The lowest BCUT2D eigenvalue weighted by atomic mass is 10.1. The molecule has 5 heteroatoms. The SMILES string of the molecule is Cc1cc(C(=O)N(CCO)Cc2ccccc2)nn1C(C)(C)C. The third kappa shape index (κ3) is 4.20. The lowest BCUT2D eigenvalue weighted by Crippen LogP contribution is -2.34. The van der Waals surface area contributed by atoms with E-state index in [4.69, 9.17) is 0 Å². The van der Waals surface area contributed by atoms with Crippen molar-refractivity contribution in [2.24, 2.45) is 0 Å². The van der Waals surface area contributed by atoms with Crippen molar-refractivity contribution in [1.82, 2.24) is 14.7 Å². The fourth-order valence-electron chi connectivity index (χ4n) is 2.60. The summed E-state index contributed by atoms with van der Waals surface area (Å²) in [5.41, 5.74) is 2.22. The fraction of sp³-hybridized carbons (Fsp3) is 0.444. The van der Waals surface area contributed by atoms with Gasteiger partial charge < -0.3 is 10.0 Å². The van der Waals surface area contributed by atoms with E-state index in [1.807, 2.05) is 48.0 Å². The van der Waals surface area contributed by atoms with Crippen molar-refractivity contribution in [3.05, 3.63) is 53.3 Å². The number of aromatic nitrogens is 2. The van der Waals surface area contributed by atoms with Crippen LogP contribution >= 0.6 is 0 Å². The number of hydrogen-bond acceptors (Lipinski definition) is 3. The Hall–Kier alpha value is -2.14. The summed E-state index contributed by atoms with van der Waals surface area (Å²) < 4.78 is 1.86. The van der Waals surface area contributed by atoms with Crippen molar-refractivity contribution < 1.29 is 9.90 Å². The maximum atomic E-state index is 12.8. The molecule has 0 aliphatic carbocycles. The minimum Gasteiger partial charge on any atom is -0.395 e. The Labute approximate surface area is 137 Å². The van der Waals surface area contributed by atoms with E-state index in [2.05, 4.69) is 25.9 Å². The second-order valence-corrected chi connectivity index (χ2v) is 6.69. The lowest BCUT2D eigenvalue weighted by Gasteiger charge is -2.22. The zero-order chi connectivity index (χ0) is 17.0. The first-order chi connectivity index (χ1) is 10.8. The molecule has 2 rings (SSSR count). The van der Waals surface area contributed by atoms with Crippen LogP contribution in [0.2, 0.25) is 0 Å². The highest BCUT2D eigenvalue weighted by Gasteiger charge is 2.23. The van der Waals surface area contributed by atoms with Crippen molar-refractivity contribution >= 4 is 5.91 Å². The molecule has 1 N–H and O–H groups in total. The summed E-state index contributed by atoms with van der Waals surface area (Å²) in [5.74, 6) is -0.158. The molecule has 0 saturated heterocycles. The predicted octanol–water partition coefficient (Wildman–Crippen LogP) is 2.58. The molecule has 0 atom stereocenters. The first kappa shape index (κ1) is 17.2. The third-order valence-corrected chi connectivity index (χ3v) is 3.62. The Bertz CT molecular complexity index is 657. The van der Waals surface area contributed by atoms with Gasteiger partial charge in [0.2, 0.25) is 0 Å². The Kier molecular flexibility index (Phi) is 5.21. The molecule has 1 aromatic carbocycles. The quantitative estimate of drug-likeness (QED) is 0.922. The standard InChI is InChI=1S/C18H25N3O2/c1-14-12-16(19-21(14)18(2,3)4)17(23)20(10-11-22)13-15-8-6-5-7-9-15/h5-9,12,22H,10-11,13H2,1-4H3. The van der Waals surface area contributed by atoms with Crippen LogP contribution in [-0.2, 0) is 12.1 Å². The van der Waals surface area contributed by atoms with Crippen molar-refractivity contribution in [3.63, 3.8) is 0 Å². The summed E-state index contributed by atoms with van der Waals surface area (Å²) >= 11 is 0. The van der Waals surface area contributed by atoms with Crippen molar-refractivity contribution in [2.75, 3.05) is 13.2 Å². The van der Waals surface area contributed by atoms with Gasteiger partial charge in [0, 0.05) is 18.8 Å². The molecular formula is C18H25N3O2. The van der Waals surface area contributed by atoms with E-state index in [0.29, 0.717) is 12.2 Å². The first-order valence-electron chi connectivity index (χ1n) is 7.84. The highest BCUT2D eigenvalue weighted by Crippen LogP contribution is 2.18. The molecule has 0 aliphatic rings. The van der Waals surface area contributed by atoms with E-state index in [-0.39, 0.29) is 24.6 Å². The van der Waals surface area contributed by atoms with Crippen LogP contribution in [0.5, 0.6) is 0 Å². The van der Waals surface area contributed by atoms with Gasteiger partial charge in [0.05, 0.1) is 12.1 Å². The van der Waals surface area contributed by atoms with Crippen molar-refractivity contribution in [1.29, 1.82) is 0 Å². The van der Waals surface area contributed by atoms with Crippen LogP contribution in [0.4, 0.5) is 0 Å². The topological polar surface area (TPSA) is 58.4 Å². The summed E-state index contributed by atoms with van der Waals surface area (Å²) in [7, 11) is 0. The number of carbonyl (C=O) groups is 1. The summed E-state index contributed by atoms with van der Waals surface area (Å²) in [6, 6.07) is 11.6. The summed E-state index contributed by atoms with van der Waals surface area (Å²) in [5, 5.41) is 13.7. The minimum atomic E-state index is -0.177. The van der Waals surface area contributed by atoms with Gasteiger partial charge in [0.25, 0.3) is 5.91 Å². The largest absolute Gasteiger partial charge is 0.395 e. The van der Waals surface area contributed by atoms with Gasteiger partial charge in [-0.25, -0.2) is 0 Å². The normalized spacial score (nSPS) is 11.5. The molecule has 1 aromatic heterocycles. The van der Waals surface area contributed by atoms with Gasteiger partial charge in [0.15, 0.2) is 5.69 Å². The monoisotopic (exact) mass is 315 g/mol. The van der Waals surface area contributed by atoms with Crippen LogP contribution in [-0.4, -0.2) is 38.8 Å². The van der Waals surface area contributed by atoms with Gasteiger partial charge in [-0.05, 0) is 39.3 Å². The van der Waals surface area contributed by atoms with Crippen LogP contribution in [0.25, 0.3) is 0 Å². The van der Waals surface area contributed by atoms with Crippen LogP contribution in [0.15, 0.2) is 36.4 Å². The van der Waals surface area contributed by atoms with Crippen molar-refractivity contribution in [2.45, 2.75) is 39.8 Å². The summed E-state index contributed by atoms with van der Waals surface area (Å²) in [4.78, 5) is 14.4. The highest BCUT2D eigenvalue weighted by molar-refractivity contribution is 5.92. The Balaban J connectivity index is 2.24. The van der Waals surface area contributed by atoms with Crippen LogP contribution in [0.1, 0.15) is 42.5 Å². The smallest absolute Gasteiger partial charge is 0.274 e. The maximum Gasteiger partial charge on any atom is 0.274 e. The fourth-order valence-corrected chi connectivity index (χ4v) is 2.60. The molecule has 0 spiro atoms. The number of aliphatic hydroxyl groups excluding tert-OH is 1. The zero-order valence-electron chi connectivity index (χ0n) is 14.3. The first-order valence-corrected chi connectivity index (χ1v) is 7.84. The number of hydrogen-bond donors (Lipinski definition) is 1. The number of benzene rings is 1. The van der Waals surface area contributed by atoms with E-state index in [1.165, 1.54) is 0 Å². The second-order valence-electron chi connectivity index (χ2n) is 6.69.